The van der Waals surface area contributed by atoms with Gasteiger partial charge < -0.3 is 9.84 Å². The van der Waals surface area contributed by atoms with E-state index in [-0.39, 0.29) is 11.3 Å². The first-order chi connectivity index (χ1) is 10.6. The Balaban J connectivity index is 2.32. The number of methoxy groups -OCH3 is 1. The zero-order valence-electron chi connectivity index (χ0n) is 11.8. The van der Waals surface area contributed by atoms with E-state index in [4.69, 9.17) is 4.74 Å². The summed E-state index contributed by atoms with van der Waals surface area (Å²) in [5.41, 5.74) is 1.02. The summed E-state index contributed by atoms with van der Waals surface area (Å²) >= 11 is 0. The van der Waals surface area contributed by atoms with Crippen molar-refractivity contribution in [3.63, 3.8) is 0 Å². The fourth-order valence-electron chi connectivity index (χ4n) is 2.51. The van der Waals surface area contributed by atoms with Gasteiger partial charge in [0.2, 0.25) is 0 Å². The third-order valence-corrected chi connectivity index (χ3v) is 3.56. The summed E-state index contributed by atoms with van der Waals surface area (Å²) in [5, 5.41) is 11.5. The molecule has 0 amide bonds. The van der Waals surface area contributed by atoms with Gasteiger partial charge in [-0.05, 0) is 40.6 Å². The molecule has 22 heavy (non-hydrogen) atoms. The maximum Gasteiger partial charge on any atom is 0.337 e. The van der Waals surface area contributed by atoms with Crippen molar-refractivity contribution in [2.75, 3.05) is 7.11 Å². The lowest BCUT2D eigenvalue weighted by molar-refractivity contribution is 0.0601. The molecule has 0 saturated carbocycles. The number of phenols is 1. The SMILES string of the molecule is COC(=O)c1ccc2cccc(-c3c(O)cccc3F)c2c1. The molecule has 4 heteroatoms. The Bertz CT molecular complexity index is 851. The molecule has 3 nitrogen and oxygen atoms in total. The van der Waals surface area contributed by atoms with Crippen molar-refractivity contribution in [2.24, 2.45) is 0 Å². The van der Waals surface area contributed by atoms with Gasteiger partial charge in [-0.25, -0.2) is 9.18 Å². The van der Waals surface area contributed by atoms with Gasteiger partial charge >= 0.3 is 5.97 Å². The second-order valence-corrected chi connectivity index (χ2v) is 4.87. The molecule has 3 rings (SSSR count). The zero-order chi connectivity index (χ0) is 15.7. The first-order valence-corrected chi connectivity index (χ1v) is 6.71. The number of hydrogen-bond donors (Lipinski definition) is 1. The summed E-state index contributed by atoms with van der Waals surface area (Å²) < 4.78 is 18.9. The molecule has 3 aromatic rings. The highest BCUT2D eigenvalue weighted by Gasteiger charge is 2.14. The molecule has 0 bridgehead atoms. The second kappa shape index (κ2) is 5.48. The van der Waals surface area contributed by atoms with E-state index in [9.17, 15) is 14.3 Å². The Labute approximate surface area is 126 Å². The predicted molar refractivity (Wildman–Crippen MR) is 82.3 cm³/mol. The molecule has 3 aromatic carbocycles. The third-order valence-electron chi connectivity index (χ3n) is 3.56. The van der Waals surface area contributed by atoms with Gasteiger partial charge in [-0.1, -0.05) is 30.3 Å². The minimum Gasteiger partial charge on any atom is -0.507 e. The number of esters is 1. The minimum atomic E-state index is -0.518. The number of benzene rings is 3. The van der Waals surface area contributed by atoms with Crippen LogP contribution in [0.25, 0.3) is 21.9 Å². The second-order valence-electron chi connectivity index (χ2n) is 4.87. The van der Waals surface area contributed by atoms with Crippen molar-refractivity contribution in [2.45, 2.75) is 0 Å². The lowest BCUT2D eigenvalue weighted by Crippen LogP contribution is -2.00. The fraction of sp³-hybridized carbons (Fsp3) is 0.0556. The van der Waals surface area contributed by atoms with Gasteiger partial charge in [-0.2, -0.15) is 0 Å². The molecular formula is C18H13FO3. The van der Waals surface area contributed by atoms with Crippen molar-refractivity contribution in [1.29, 1.82) is 0 Å². The molecule has 0 atom stereocenters. The van der Waals surface area contributed by atoms with Crippen LogP contribution in [0.5, 0.6) is 5.75 Å². The van der Waals surface area contributed by atoms with E-state index < -0.39 is 11.8 Å². The smallest absolute Gasteiger partial charge is 0.337 e. The van der Waals surface area contributed by atoms with E-state index in [2.05, 4.69) is 0 Å². The average molecular weight is 296 g/mol. The molecular weight excluding hydrogens is 283 g/mol. The fourth-order valence-corrected chi connectivity index (χ4v) is 2.51. The van der Waals surface area contributed by atoms with Crippen LogP contribution in [0.1, 0.15) is 10.4 Å². The normalized spacial score (nSPS) is 10.6. The molecule has 0 heterocycles. The van der Waals surface area contributed by atoms with Crippen molar-refractivity contribution in [3.8, 4) is 16.9 Å². The number of rotatable bonds is 2. The van der Waals surface area contributed by atoms with Crippen LogP contribution in [0.15, 0.2) is 54.6 Å². The van der Waals surface area contributed by atoms with Crippen LogP contribution < -0.4 is 0 Å². The van der Waals surface area contributed by atoms with Crippen LogP contribution in [0, 0.1) is 5.82 Å². The predicted octanol–water partition coefficient (Wildman–Crippen LogP) is 4.14. The van der Waals surface area contributed by atoms with Crippen LogP contribution in [-0.4, -0.2) is 18.2 Å². The summed E-state index contributed by atoms with van der Waals surface area (Å²) in [6, 6.07) is 14.6. The molecule has 0 radical (unpaired) electrons. The van der Waals surface area contributed by atoms with E-state index in [1.807, 2.05) is 6.07 Å². The maximum absolute atomic E-state index is 14.1. The summed E-state index contributed by atoms with van der Waals surface area (Å²) in [6.07, 6.45) is 0. The largest absolute Gasteiger partial charge is 0.507 e. The number of hydrogen-bond acceptors (Lipinski definition) is 3. The van der Waals surface area contributed by atoms with Gasteiger partial charge in [0.15, 0.2) is 0 Å². The summed E-state index contributed by atoms with van der Waals surface area (Å²) in [5.74, 6) is -1.12. The van der Waals surface area contributed by atoms with Gasteiger partial charge in [-0.3, -0.25) is 0 Å². The molecule has 0 saturated heterocycles. The van der Waals surface area contributed by atoms with E-state index >= 15 is 0 Å². The number of ether oxygens (including phenoxy) is 1. The van der Waals surface area contributed by atoms with Crippen molar-refractivity contribution in [1.82, 2.24) is 0 Å². The Hall–Kier alpha value is -2.88. The third kappa shape index (κ3) is 2.29. The Morgan fingerprint density at radius 1 is 1.09 bits per heavy atom. The average Bonchev–Trinajstić information content (AvgIpc) is 2.53. The molecule has 0 aliphatic heterocycles. The Morgan fingerprint density at radius 3 is 2.59 bits per heavy atom. The monoisotopic (exact) mass is 296 g/mol. The number of halogens is 1. The van der Waals surface area contributed by atoms with Crippen LogP contribution >= 0.6 is 0 Å². The molecule has 0 aliphatic rings. The summed E-state index contributed by atoms with van der Waals surface area (Å²) in [6.45, 7) is 0. The highest BCUT2D eigenvalue weighted by atomic mass is 19.1. The lowest BCUT2D eigenvalue weighted by atomic mass is 9.96. The van der Waals surface area contributed by atoms with Crippen molar-refractivity contribution < 1.29 is 19.0 Å². The van der Waals surface area contributed by atoms with Crippen LogP contribution in [0.3, 0.4) is 0 Å². The highest BCUT2D eigenvalue weighted by molar-refractivity contribution is 6.02. The Kier molecular flexibility index (Phi) is 3.51. The van der Waals surface area contributed by atoms with Crippen LogP contribution in [0.4, 0.5) is 4.39 Å². The van der Waals surface area contributed by atoms with E-state index in [0.717, 1.165) is 5.39 Å². The standard InChI is InChI=1S/C18H13FO3/c1-22-18(21)12-9-8-11-4-2-5-13(14(11)10-12)17-15(19)6-3-7-16(17)20/h2-10,20H,1H3. The molecule has 0 aliphatic carbocycles. The van der Waals surface area contributed by atoms with Crippen molar-refractivity contribution >= 4 is 16.7 Å². The molecule has 110 valence electrons. The molecule has 0 spiro atoms. The number of fused-ring (bicyclic) bond motifs is 1. The van der Waals surface area contributed by atoms with Gasteiger partial charge in [0.25, 0.3) is 0 Å². The van der Waals surface area contributed by atoms with Gasteiger partial charge in [-0.15, -0.1) is 0 Å². The maximum atomic E-state index is 14.1. The first kappa shape index (κ1) is 14.1. The van der Waals surface area contributed by atoms with Gasteiger partial charge in [0.1, 0.15) is 11.6 Å². The van der Waals surface area contributed by atoms with E-state index in [1.165, 1.54) is 25.3 Å². The number of phenolic OH excluding ortho intramolecular Hbond substituents is 1. The molecule has 1 N–H and O–H groups in total. The molecule has 0 unspecified atom stereocenters. The van der Waals surface area contributed by atoms with Crippen LogP contribution in [0.2, 0.25) is 0 Å². The topological polar surface area (TPSA) is 46.5 Å². The van der Waals surface area contributed by atoms with Crippen LogP contribution in [-0.2, 0) is 4.74 Å². The van der Waals surface area contributed by atoms with Gasteiger partial charge in [0.05, 0.1) is 18.2 Å². The summed E-state index contributed by atoms with van der Waals surface area (Å²) in [7, 11) is 1.31. The quantitative estimate of drug-likeness (QED) is 0.723. The van der Waals surface area contributed by atoms with Crippen molar-refractivity contribution in [3.05, 3.63) is 66.0 Å². The molecule has 0 fully saturated rings. The lowest BCUT2D eigenvalue weighted by Gasteiger charge is -2.11. The van der Waals surface area contributed by atoms with E-state index in [1.54, 1.807) is 30.3 Å². The highest BCUT2D eigenvalue weighted by Crippen LogP contribution is 2.36. The van der Waals surface area contributed by atoms with Gasteiger partial charge in [0, 0.05) is 0 Å². The number of carbonyl (C=O) groups excluding carboxylic acids is 1. The number of carbonyl (C=O) groups is 1. The minimum absolute atomic E-state index is 0.120. The Morgan fingerprint density at radius 2 is 1.86 bits per heavy atom. The summed E-state index contributed by atoms with van der Waals surface area (Å²) in [4.78, 5) is 11.7. The van der Waals surface area contributed by atoms with E-state index in [0.29, 0.717) is 16.5 Å². The first-order valence-electron chi connectivity index (χ1n) is 6.71. The zero-order valence-corrected chi connectivity index (χ0v) is 11.8. The molecule has 0 aromatic heterocycles. The number of aromatic hydroxyl groups is 1.